The summed E-state index contributed by atoms with van der Waals surface area (Å²) < 4.78 is 18.3. The van der Waals surface area contributed by atoms with Crippen molar-refractivity contribution in [2.24, 2.45) is 0 Å². The second-order valence-corrected chi connectivity index (χ2v) is 5.38. The van der Waals surface area contributed by atoms with Crippen LogP contribution >= 0.6 is 11.3 Å². The van der Waals surface area contributed by atoms with Gasteiger partial charge in [0, 0.05) is 5.56 Å². The van der Waals surface area contributed by atoms with E-state index in [0.29, 0.717) is 16.8 Å². The quantitative estimate of drug-likeness (QED) is 0.784. The Kier molecular flexibility index (Phi) is 2.98. The molecule has 0 saturated heterocycles. The highest BCUT2D eigenvalue weighted by molar-refractivity contribution is 7.18. The lowest BCUT2D eigenvalue weighted by atomic mass is 10.1. The van der Waals surface area contributed by atoms with Crippen LogP contribution in [0.3, 0.4) is 0 Å². The third-order valence-corrected chi connectivity index (χ3v) is 3.84. The first-order valence-corrected chi connectivity index (χ1v) is 6.70. The third kappa shape index (κ3) is 2.16. The fourth-order valence-electron chi connectivity index (χ4n) is 1.92. The van der Waals surface area contributed by atoms with Crippen molar-refractivity contribution in [1.82, 2.24) is 15.1 Å². The van der Waals surface area contributed by atoms with Crippen LogP contribution in [-0.4, -0.2) is 15.1 Å². The predicted molar refractivity (Wildman–Crippen MR) is 74.7 cm³/mol. The average molecular weight is 290 g/mol. The maximum atomic E-state index is 13.1. The molecule has 0 aliphatic heterocycles. The molecule has 1 aromatic carbocycles. The first-order chi connectivity index (χ1) is 9.54. The maximum Gasteiger partial charge on any atom is 0.270 e. The molecule has 0 radical (unpaired) electrons. The Morgan fingerprint density at radius 3 is 2.70 bits per heavy atom. The molecule has 3 aromatic rings. The van der Waals surface area contributed by atoms with E-state index < -0.39 is 0 Å². The van der Waals surface area contributed by atoms with E-state index in [1.54, 1.807) is 13.0 Å². The van der Waals surface area contributed by atoms with Crippen LogP contribution in [-0.2, 0) is 0 Å². The third-order valence-electron chi connectivity index (χ3n) is 2.86. The molecule has 102 valence electrons. The summed E-state index contributed by atoms with van der Waals surface area (Å²) in [5.74, 6) is 0.500. The van der Waals surface area contributed by atoms with Gasteiger partial charge in [0.25, 0.3) is 5.89 Å². The molecule has 0 aliphatic carbocycles. The molecular formula is C13H11FN4OS. The van der Waals surface area contributed by atoms with E-state index in [9.17, 15) is 4.39 Å². The van der Waals surface area contributed by atoms with Gasteiger partial charge in [0.15, 0.2) is 5.13 Å². The zero-order chi connectivity index (χ0) is 14.3. The number of benzene rings is 1. The highest BCUT2D eigenvalue weighted by Crippen LogP contribution is 2.31. The second kappa shape index (κ2) is 4.68. The summed E-state index contributed by atoms with van der Waals surface area (Å²) in [4.78, 5) is 9.20. The Labute approximate surface area is 118 Å². The maximum absolute atomic E-state index is 13.1. The highest BCUT2D eigenvalue weighted by Gasteiger charge is 2.17. The van der Waals surface area contributed by atoms with E-state index in [2.05, 4.69) is 15.1 Å². The Morgan fingerprint density at radius 1 is 1.25 bits per heavy atom. The van der Waals surface area contributed by atoms with Crippen molar-refractivity contribution in [3.63, 3.8) is 0 Å². The van der Waals surface area contributed by atoms with Gasteiger partial charge >= 0.3 is 0 Å². The lowest BCUT2D eigenvalue weighted by molar-refractivity contribution is 0.433. The number of thiazole rings is 1. The van der Waals surface area contributed by atoms with Gasteiger partial charge in [-0.05, 0) is 37.6 Å². The van der Waals surface area contributed by atoms with Crippen molar-refractivity contribution in [2.45, 2.75) is 13.8 Å². The normalized spacial score (nSPS) is 10.9. The summed E-state index contributed by atoms with van der Waals surface area (Å²) in [5, 5.41) is 4.39. The number of nitrogen functional groups attached to an aromatic ring is 1. The molecule has 0 amide bonds. The molecule has 0 fully saturated rings. The summed E-state index contributed by atoms with van der Waals surface area (Å²) in [6, 6.07) is 4.43. The molecule has 0 atom stereocenters. The topological polar surface area (TPSA) is 77.8 Å². The Hall–Kier alpha value is -2.28. The Morgan fingerprint density at radius 2 is 2.05 bits per heavy atom. The summed E-state index contributed by atoms with van der Waals surface area (Å²) in [7, 11) is 0. The number of nitrogens with two attached hydrogens (primary N) is 1. The molecule has 20 heavy (non-hydrogen) atoms. The molecule has 0 saturated carbocycles. The molecule has 3 rings (SSSR count). The van der Waals surface area contributed by atoms with Gasteiger partial charge in [-0.15, -0.1) is 0 Å². The summed E-state index contributed by atoms with van der Waals surface area (Å²) in [5.41, 5.74) is 7.88. The summed E-state index contributed by atoms with van der Waals surface area (Å²) >= 11 is 1.29. The lowest BCUT2D eigenvalue weighted by Crippen LogP contribution is -1.87. The molecule has 2 aromatic heterocycles. The molecule has 7 heteroatoms. The molecule has 2 heterocycles. The van der Waals surface area contributed by atoms with Crippen molar-refractivity contribution in [3.05, 3.63) is 35.3 Å². The lowest BCUT2D eigenvalue weighted by Gasteiger charge is -1.99. The molecule has 2 N–H and O–H groups in total. The molecule has 0 unspecified atom stereocenters. The van der Waals surface area contributed by atoms with Crippen LogP contribution in [0.4, 0.5) is 9.52 Å². The number of halogens is 1. The monoisotopic (exact) mass is 290 g/mol. The molecule has 5 nitrogen and oxygen atoms in total. The number of aromatic nitrogens is 3. The van der Waals surface area contributed by atoms with Crippen LogP contribution in [0.15, 0.2) is 22.7 Å². The van der Waals surface area contributed by atoms with Crippen LogP contribution in [0, 0.1) is 19.7 Å². The van der Waals surface area contributed by atoms with Crippen molar-refractivity contribution >= 4 is 16.5 Å². The van der Waals surface area contributed by atoms with Crippen molar-refractivity contribution in [1.29, 1.82) is 0 Å². The fourth-order valence-corrected chi connectivity index (χ4v) is 2.67. The number of hydrogen-bond donors (Lipinski definition) is 1. The van der Waals surface area contributed by atoms with Gasteiger partial charge in [0.2, 0.25) is 5.82 Å². The fraction of sp³-hybridized carbons (Fsp3) is 0.154. The predicted octanol–water partition coefficient (Wildman–Crippen LogP) is 3.20. The van der Waals surface area contributed by atoms with Crippen molar-refractivity contribution in [2.75, 3.05) is 5.73 Å². The smallest absolute Gasteiger partial charge is 0.270 e. The first kappa shape index (κ1) is 12.7. The van der Waals surface area contributed by atoms with E-state index in [0.717, 1.165) is 21.7 Å². The largest absolute Gasteiger partial charge is 0.375 e. The Balaban J connectivity index is 2.04. The van der Waals surface area contributed by atoms with Gasteiger partial charge < -0.3 is 10.3 Å². The van der Waals surface area contributed by atoms with Crippen LogP contribution in [0.2, 0.25) is 0 Å². The molecule has 0 spiro atoms. The Bertz CT molecular complexity index is 781. The van der Waals surface area contributed by atoms with Gasteiger partial charge in [-0.25, -0.2) is 9.37 Å². The summed E-state index contributed by atoms with van der Waals surface area (Å²) in [6.45, 7) is 3.62. The molecule has 0 aliphatic rings. The molecular weight excluding hydrogens is 279 g/mol. The summed E-state index contributed by atoms with van der Waals surface area (Å²) in [6.07, 6.45) is 0. The molecule has 0 bridgehead atoms. The van der Waals surface area contributed by atoms with Gasteiger partial charge in [0.1, 0.15) is 10.7 Å². The van der Waals surface area contributed by atoms with Gasteiger partial charge in [-0.1, -0.05) is 16.5 Å². The van der Waals surface area contributed by atoms with Crippen molar-refractivity contribution in [3.8, 4) is 22.2 Å². The zero-order valence-electron chi connectivity index (χ0n) is 10.8. The van der Waals surface area contributed by atoms with Crippen LogP contribution in [0.5, 0.6) is 0 Å². The van der Waals surface area contributed by atoms with Crippen LogP contribution < -0.4 is 5.73 Å². The zero-order valence-corrected chi connectivity index (χ0v) is 11.7. The van der Waals surface area contributed by atoms with Crippen LogP contribution in [0.1, 0.15) is 11.3 Å². The first-order valence-electron chi connectivity index (χ1n) is 5.88. The van der Waals surface area contributed by atoms with E-state index in [1.807, 2.05) is 6.92 Å². The SMILES string of the molecule is Cc1cc(F)ccc1-c1noc(-c2sc(N)nc2C)n1. The number of rotatable bonds is 2. The number of anilines is 1. The van der Waals surface area contributed by atoms with E-state index in [1.165, 1.54) is 23.5 Å². The number of aryl methyl sites for hydroxylation is 2. The van der Waals surface area contributed by atoms with Crippen LogP contribution in [0.25, 0.3) is 22.2 Å². The minimum absolute atomic E-state index is 0.291. The van der Waals surface area contributed by atoms with E-state index in [-0.39, 0.29) is 5.82 Å². The minimum atomic E-state index is -0.291. The number of hydrogen-bond acceptors (Lipinski definition) is 6. The van der Waals surface area contributed by atoms with Gasteiger partial charge in [-0.3, -0.25) is 0 Å². The van der Waals surface area contributed by atoms with E-state index >= 15 is 0 Å². The minimum Gasteiger partial charge on any atom is -0.375 e. The second-order valence-electron chi connectivity index (χ2n) is 4.35. The van der Waals surface area contributed by atoms with Gasteiger partial charge in [-0.2, -0.15) is 4.98 Å². The van der Waals surface area contributed by atoms with Crippen molar-refractivity contribution < 1.29 is 8.91 Å². The average Bonchev–Trinajstić information content (AvgIpc) is 2.96. The van der Waals surface area contributed by atoms with Gasteiger partial charge in [0.05, 0.1) is 5.69 Å². The standard InChI is InChI=1S/C13H11FN4OS/c1-6-5-8(14)3-4-9(6)11-17-12(19-18-11)10-7(2)16-13(15)20-10/h3-5H,1-2H3,(H2,15,16). The highest BCUT2D eigenvalue weighted by atomic mass is 32.1. The van der Waals surface area contributed by atoms with E-state index in [4.69, 9.17) is 10.3 Å². The number of nitrogens with zero attached hydrogens (tertiary/aromatic N) is 3.